The predicted molar refractivity (Wildman–Crippen MR) is 375 cm³/mol. The number of aliphatic hydroxyl groups excluding tert-OH is 1. The van der Waals surface area contributed by atoms with Crippen molar-refractivity contribution < 1.29 is 5.11 Å². The molecule has 19 saturated carbocycles. The number of nitriles is 1. The summed E-state index contributed by atoms with van der Waals surface area (Å²) in [7, 11) is 0. The van der Waals surface area contributed by atoms with Crippen molar-refractivity contribution in [1.82, 2.24) is 0 Å². The second-order valence-electron chi connectivity index (χ2n) is 38.8. The summed E-state index contributed by atoms with van der Waals surface area (Å²) in [4.78, 5) is 0. The third kappa shape index (κ3) is 11.8. The van der Waals surface area contributed by atoms with E-state index in [0.29, 0.717) is 23.8 Å². The first-order valence-corrected chi connectivity index (χ1v) is 41.4. The molecule has 2 nitrogen and oxygen atoms in total. The molecule has 0 saturated heterocycles. The van der Waals surface area contributed by atoms with Crippen LogP contribution in [0.1, 0.15) is 258 Å². The number of allylic oxidation sites excluding steroid dienone is 2. The van der Waals surface area contributed by atoms with Gasteiger partial charge in [0.2, 0.25) is 0 Å². The molecule has 3 heteroatoms. The van der Waals surface area contributed by atoms with Crippen molar-refractivity contribution >= 4 is 11.6 Å². The van der Waals surface area contributed by atoms with Gasteiger partial charge < -0.3 is 5.11 Å². The molecule has 504 valence electrons. The Morgan fingerprint density at radius 2 is 0.764 bits per heavy atom. The predicted octanol–water partition coefficient (Wildman–Crippen LogP) is 23.0. The minimum absolute atomic E-state index is 0.395. The molecule has 1 N–H and O–H groups in total. The number of nitrogens with zero attached hydrogens (tertiary/aromatic N) is 1. The van der Waals surface area contributed by atoms with Gasteiger partial charge in [-0.3, -0.25) is 0 Å². The monoisotopic (exact) mass is 1240 g/mol. The Kier molecular flexibility index (Phi) is 20.4. The molecule has 89 heavy (non-hydrogen) atoms. The molecule has 20 aliphatic carbocycles. The summed E-state index contributed by atoms with van der Waals surface area (Å²) < 4.78 is 0. The normalized spacial score (nSPS) is 59.4. The van der Waals surface area contributed by atoms with Gasteiger partial charge >= 0.3 is 0 Å². The minimum atomic E-state index is 0.395. The van der Waals surface area contributed by atoms with Gasteiger partial charge in [-0.05, 0) is 377 Å². The molecule has 43 unspecified atom stereocenters. The van der Waals surface area contributed by atoms with Crippen molar-refractivity contribution in [2.75, 3.05) is 6.61 Å². The van der Waals surface area contributed by atoms with Crippen LogP contribution in [0.15, 0.2) is 12.2 Å². The van der Waals surface area contributed by atoms with Crippen molar-refractivity contribution in [2.45, 2.75) is 264 Å². The first-order chi connectivity index (χ1) is 42.6. The zero-order valence-electron chi connectivity index (χ0n) is 60.7. The number of rotatable bonds is 2. The Morgan fingerprint density at radius 1 is 0.360 bits per heavy atom. The topological polar surface area (TPSA) is 44.0 Å². The molecule has 0 spiro atoms. The Morgan fingerprint density at radius 3 is 1.20 bits per heavy atom. The lowest BCUT2D eigenvalue weighted by Gasteiger charge is -2.41. The number of alkyl halides is 1. The van der Waals surface area contributed by atoms with Crippen LogP contribution in [0.4, 0.5) is 0 Å². The maximum absolute atomic E-state index is 9.09. The van der Waals surface area contributed by atoms with E-state index in [1.165, 1.54) is 99.7 Å². The first-order valence-electron chi connectivity index (χ1n) is 40.9. The average Bonchev–Trinajstić information content (AvgIpc) is 1.55. The van der Waals surface area contributed by atoms with Crippen LogP contribution in [0.5, 0.6) is 0 Å². The lowest BCUT2D eigenvalue weighted by atomic mass is 9.64. The summed E-state index contributed by atoms with van der Waals surface area (Å²) in [6.45, 7) is 39.3. The van der Waals surface area contributed by atoms with Crippen LogP contribution in [0, 0.1) is 260 Å². The maximum atomic E-state index is 9.09. The highest BCUT2D eigenvalue weighted by atomic mass is 35.5. The summed E-state index contributed by atoms with van der Waals surface area (Å²) in [5.41, 5.74) is 0. The Hall–Kier alpha value is -0.520. The second kappa shape index (κ2) is 27.1. The van der Waals surface area contributed by atoms with Gasteiger partial charge in [-0.15, -0.1) is 11.6 Å². The van der Waals surface area contributed by atoms with Gasteiger partial charge in [0.25, 0.3) is 0 Å². The lowest BCUT2D eigenvalue weighted by molar-refractivity contribution is 0.0716. The summed E-state index contributed by atoms with van der Waals surface area (Å²) in [5, 5.41) is 18.4. The SMILES string of the molecule is CC1C(C)C2CC1C1C3CCC(C3)C21.CC1C(C)C2CC1C1C=CCC12.CC1C(C)C2CC1C1CCCC21.CC1C2CC(C#N)C(C2)C1C.CC1C2CC(CO)C(C2)C1C.CC1C2CC(Cl)C(C2)C1C.CC1C2CCC(C2)C1C.CCC1C2CCC(C2)C1C. The molecular formula is C86H142ClNO. The molecule has 0 aromatic carbocycles. The van der Waals surface area contributed by atoms with Gasteiger partial charge in [0, 0.05) is 17.9 Å². The van der Waals surface area contributed by atoms with Crippen LogP contribution >= 0.6 is 11.6 Å². The van der Waals surface area contributed by atoms with Crippen molar-refractivity contribution in [2.24, 2.45) is 249 Å². The number of halogens is 1. The van der Waals surface area contributed by atoms with E-state index in [2.05, 4.69) is 129 Å². The molecule has 18 bridgehead atoms. The quantitative estimate of drug-likeness (QED) is 0.170. The maximum Gasteiger partial charge on any atom is 0.0658 e. The molecule has 0 aliphatic heterocycles. The first kappa shape index (κ1) is 67.1. The summed E-state index contributed by atoms with van der Waals surface area (Å²) >= 11 is 6.17. The van der Waals surface area contributed by atoms with E-state index in [0.717, 1.165) is 201 Å². The fraction of sp³-hybridized carbons (Fsp3) is 0.965. The van der Waals surface area contributed by atoms with Crippen LogP contribution in [0.25, 0.3) is 0 Å². The number of hydrogen-bond donors (Lipinski definition) is 1. The van der Waals surface area contributed by atoms with E-state index < -0.39 is 0 Å². The van der Waals surface area contributed by atoms with Crippen LogP contribution in [0.2, 0.25) is 0 Å². The fourth-order valence-electron chi connectivity index (χ4n) is 30.6. The zero-order valence-corrected chi connectivity index (χ0v) is 61.5. The van der Waals surface area contributed by atoms with Gasteiger partial charge in [-0.2, -0.15) is 5.26 Å². The van der Waals surface area contributed by atoms with Gasteiger partial charge in [-0.25, -0.2) is 0 Å². The van der Waals surface area contributed by atoms with Crippen molar-refractivity contribution in [3.63, 3.8) is 0 Å². The molecule has 0 heterocycles. The molecule has 0 radical (unpaired) electrons. The molecule has 43 atom stereocenters. The van der Waals surface area contributed by atoms with E-state index in [9.17, 15) is 0 Å². The summed E-state index contributed by atoms with van der Waals surface area (Å²) in [5.74, 6) is 42.3. The van der Waals surface area contributed by atoms with Gasteiger partial charge in [0.15, 0.2) is 0 Å². The van der Waals surface area contributed by atoms with Crippen molar-refractivity contribution in [3.05, 3.63) is 12.2 Å². The molecule has 20 aliphatic rings. The fourth-order valence-corrected chi connectivity index (χ4v) is 31.2. The molecular weight excluding hydrogens is 1100 g/mol. The van der Waals surface area contributed by atoms with Gasteiger partial charge in [0.05, 0.1) is 6.07 Å². The van der Waals surface area contributed by atoms with Crippen LogP contribution < -0.4 is 0 Å². The highest BCUT2D eigenvalue weighted by Gasteiger charge is 2.64. The highest BCUT2D eigenvalue weighted by Crippen LogP contribution is 2.71. The largest absolute Gasteiger partial charge is 0.396 e. The zero-order chi connectivity index (χ0) is 62.9. The third-order valence-corrected chi connectivity index (χ3v) is 37.7. The molecule has 19 fully saturated rings. The molecule has 0 aromatic rings. The van der Waals surface area contributed by atoms with Crippen molar-refractivity contribution in [3.8, 4) is 6.07 Å². The molecule has 0 amide bonds. The number of hydrogen-bond acceptors (Lipinski definition) is 2. The van der Waals surface area contributed by atoms with E-state index in [1.54, 1.807) is 83.5 Å². The third-order valence-electron chi connectivity index (χ3n) is 37.2. The van der Waals surface area contributed by atoms with Crippen LogP contribution in [-0.2, 0) is 0 Å². The van der Waals surface area contributed by atoms with E-state index in [4.69, 9.17) is 22.0 Å². The van der Waals surface area contributed by atoms with Gasteiger partial charge in [0.1, 0.15) is 0 Å². The van der Waals surface area contributed by atoms with Crippen LogP contribution in [-0.4, -0.2) is 17.1 Å². The smallest absolute Gasteiger partial charge is 0.0658 e. The minimum Gasteiger partial charge on any atom is -0.396 e. The Labute approximate surface area is 555 Å². The standard InChI is InChI=1S/C14H22.C12H20.C12H18.C10H15N.C10H18O.C10H18.C9H15Cl.C9H16/c1-7-8(2)12-6-11(7)13-9-3-4-10(5-9)14(12)13;2*1-7-8(2)12-6-11(7)9-4-3-5-10(9)12;2*1-6-7(2)10-4-8(6)3-9(10)5-11;1-3-10-7(2)8-4-5-9(10)6-8;1-5-6(2)8-3-7(5)4-9(8)10;1-6-7(2)9-4-3-8(6)5-9/h7-14H,3-6H2,1-2H3;7-12H,3-6H2,1-2H3;3-4,7-12H,5-6H2,1-2H3;6-10H,3-4H2,1-2H3;6-11H,3-5H2,1-2H3;7-10H,3-6H2,1-2H3;5-9H,3-4H2,1-2H3;6-9H,3-5H2,1-2H3. The summed E-state index contributed by atoms with van der Waals surface area (Å²) in [6, 6.07) is 2.45. The van der Waals surface area contributed by atoms with Crippen molar-refractivity contribution in [1.29, 1.82) is 5.26 Å². The molecule has 0 aromatic heterocycles. The van der Waals surface area contributed by atoms with E-state index in [-0.39, 0.29) is 0 Å². The number of aliphatic hydroxyl groups is 1. The Balaban J connectivity index is 0.0000000939. The number of fused-ring (bicyclic) bond motifs is 29. The molecule has 20 rings (SSSR count). The van der Waals surface area contributed by atoms with Gasteiger partial charge in [-0.1, -0.05) is 136 Å². The highest BCUT2D eigenvalue weighted by molar-refractivity contribution is 6.21. The summed E-state index contributed by atoms with van der Waals surface area (Å²) in [6.07, 6.45) is 39.2. The average molecular weight is 1240 g/mol. The lowest BCUT2D eigenvalue weighted by Crippen LogP contribution is -2.35. The second-order valence-corrected chi connectivity index (χ2v) is 39.4. The van der Waals surface area contributed by atoms with E-state index in [1.807, 2.05) is 0 Å². The van der Waals surface area contributed by atoms with E-state index >= 15 is 0 Å². The van der Waals surface area contributed by atoms with Crippen LogP contribution in [0.3, 0.4) is 0 Å². The Bertz CT molecular complexity index is 2340.